The van der Waals surface area contributed by atoms with Gasteiger partial charge >= 0.3 is 0 Å². The molecule has 1 N–H and O–H groups in total. The zero-order valence-electron chi connectivity index (χ0n) is 21.3. The lowest BCUT2D eigenvalue weighted by Crippen LogP contribution is -2.54. The summed E-state index contributed by atoms with van der Waals surface area (Å²) in [5, 5.41) is 14.1. The van der Waals surface area contributed by atoms with Crippen LogP contribution in [0.25, 0.3) is 0 Å². The van der Waals surface area contributed by atoms with E-state index in [0.29, 0.717) is 24.2 Å². The van der Waals surface area contributed by atoms with Crippen molar-refractivity contribution in [3.05, 3.63) is 29.3 Å². The van der Waals surface area contributed by atoms with E-state index in [4.69, 9.17) is 30.5 Å². The number of aliphatic hydroxyl groups is 1. The van der Waals surface area contributed by atoms with E-state index in [1.165, 1.54) is 11.1 Å². The van der Waals surface area contributed by atoms with Gasteiger partial charge in [0.1, 0.15) is 11.4 Å². The molecule has 2 saturated heterocycles. The van der Waals surface area contributed by atoms with Crippen molar-refractivity contribution in [1.82, 2.24) is 0 Å². The lowest BCUT2D eigenvalue weighted by Gasteiger charge is -2.54. The summed E-state index contributed by atoms with van der Waals surface area (Å²) in [5.41, 5.74) is 1.42. The topological polar surface area (TPSA) is 57.2 Å². The van der Waals surface area contributed by atoms with Crippen molar-refractivity contribution in [3.8, 4) is 17.0 Å². The molecule has 2 unspecified atom stereocenters. The lowest BCUT2D eigenvalue weighted by molar-refractivity contribution is -0.214. The molecule has 6 heteroatoms. The second-order valence-electron chi connectivity index (χ2n) is 11.8. The summed E-state index contributed by atoms with van der Waals surface area (Å²) >= 11 is 5.83. The molecule has 3 aliphatic carbocycles. The molecule has 8 atom stereocenters. The Kier molecular flexibility index (Phi) is 7.03. The zero-order chi connectivity index (χ0) is 24.8. The van der Waals surface area contributed by atoms with Gasteiger partial charge in [-0.15, -0.1) is 0 Å². The molecule has 0 bridgehead atoms. The Morgan fingerprint density at radius 2 is 1.78 bits per heavy atom. The highest BCUT2D eigenvalue weighted by Gasteiger charge is 2.63. The molecule has 4 fully saturated rings. The van der Waals surface area contributed by atoms with Crippen LogP contribution in [0.1, 0.15) is 88.2 Å². The number of fused-ring (bicyclic) bond motifs is 5. The van der Waals surface area contributed by atoms with E-state index < -0.39 is 5.60 Å². The third-order valence-corrected chi connectivity index (χ3v) is 10.1. The Morgan fingerprint density at radius 3 is 2.50 bits per heavy atom. The third-order valence-electron chi connectivity index (χ3n) is 9.97. The number of halogens is 1. The number of hydrogen-bond acceptors (Lipinski definition) is 5. The fraction of sp³-hybridized carbons (Fsp3) is 0.733. The largest absolute Gasteiger partial charge is 0.465 e. The average Bonchev–Trinajstić information content (AvgIpc) is 3.15. The zero-order valence-corrected chi connectivity index (χ0v) is 22.1. The maximum atomic E-state index is 11.6. The van der Waals surface area contributed by atoms with E-state index in [1.54, 1.807) is 0 Å². The molecule has 0 radical (unpaired) electrons. The van der Waals surface area contributed by atoms with Gasteiger partial charge in [-0.1, -0.05) is 18.9 Å². The molecule has 1 aromatic rings. The predicted octanol–water partition coefficient (Wildman–Crippen LogP) is 5.90. The van der Waals surface area contributed by atoms with Crippen LogP contribution in [0.3, 0.4) is 0 Å². The molecular formula is C30H39ClO5. The van der Waals surface area contributed by atoms with Gasteiger partial charge in [-0.3, -0.25) is 0 Å². The first-order valence-corrected chi connectivity index (χ1v) is 14.4. The maximum absolute atomic E-state index is 11.6. The molecule has 0 spiro atoms. The van der Waals surface area contributed by atoms with Gasteiger partial charge in [0.05, 0.1) is 12.7 Å². The van der Waals surface area contributed by atoms with Gasteiger partial charge < -0.3 is 24.1 Å². The molecule has 0 amide bonds. The van der Waals surface area contributed by atoms with Gasteiger partial charge in [0.15, 0.2) is 12.6 Å². The fourth-order valence-corrected chi connectivity index (χ4v) is 8.19. The average molecular weight is 515 g/mol. The fourth-order valence-electron chi connectivity index (χ4n) is 8.03. The van der Waals surface area contributed by atoms with Crippen LogP contribution in [0.2, 0.25) is 0 Å². The predicted molar refractivity (Wildman–Crippen MR) is 138 cm³/mol. The van der Waals surface area contributed by atoms with Crippen LogP contribution in [-0.4, -0.2) is 42.6 Å². The molecule has 196 valence electrons. The lowest BCUT2D eigenvalue weighted by atomic mass is 9.52. The summed E-state index contributed by atoms with van der Waals surface area (Å²) in [4.78, 5) is 0. The van der Waals surface area contributed by atoms with Crippen molar-refractivity contribution in [1.29, 1.82) is 0 Å². The minimum Gasteiger partial charge on any atom is -0.465 e. The summed E-state index contributed by atoms with van der Waals surface area (Å²) < 4.78 is 24.9. The Bertz CT molecular complexity index is 1010. The number of rotatable bonds is 4. The van der Waals surface area contributed by atoms with Crippen LogP contribution in [0.5, 0.6) is 5.75 Å². The van der Waals surface area contributed by atoms with Crippen molar-refractivity contribution >= 4 is 11.6 Å². The number of ether oxygens (including phenoxy) is 4. The van der Waals surface area contributed by atoms with Gasteiger partial charge in [-0.25, -0.2) is 0 Å². The standard InChI is InChI=1S/C30H39ClO5/c1-29-12-10-23-22-9-8-21(35-26-6-2-4-16-33-26)18-20(22)19-25(36-27-7-3-5-17-34-27)28(23)24(29)11-13-30(29,32)14-15-31/h8-9,18,23-28,32H,2-7,10-13,16-17,19H2,1H3/t23-,24+,25-,26?,27?,28-,29+,30-/m1/s1. The maximum Gasteiger partial charge on any atom is 0.199 e. The highest BCUT2D eigenvalue weighted by atomic mass is 35.5. The Balaban J connectivity index is 1.31. The molecule has 5 aliphatic rings. The highest BCUT2D eigenvalue weighted by molar-refractivity contribution is 6.30. The summed E-state index contributed by atoms with van der Waals surface area (Å²) in [6.07, 6.45) is 10.6. The van der Waals surface area contributed by atoms with Gasteiger partial charge in [-0.05, 0) is 117 Å². The second-order valence-corrected chi connectivity index (χ2v) is 12.0. The van der Waals surface area contributed by atoms with Gasteiger partial charge in [0.25, 0.3) is 0 Å². The Hall–Kier alpha value is -1.29. The normalized spacial score (nSPS) is 41.9. The van der Waals surface area contributed by atoms with E-state index in [0.717, 1.165) is 83.2 Å². The summed E-state index contributed by atoms with van der Waals surface area (Å²) in [5.74, 6) is 4.93. The summed E-state index contributed by atoms with van der Waals surface area (Å²) in [6, 6.07) is 6.62. The first-order chi connectivity index (χ1) is 17.5. The van der Waals surface area contributed by atoms with Gasteiger partial charge in [0.2, 0.25) is 0 Å². The SMILES string of the molecule is C[C@]12CC[C@@H]3c4ccc(OC5CCCCO5)cc4C[C@@H](OC4CCCCO4)[C@H]3[C@@H]1CC[C@@]2(O)C#CCl. The van der Waals surface area contributed by atoms with Gasteiger partial charge in [-0.2, -0.15) is 0 Å². The van der Waals surface area contributed by atoms with E-state index in [-0.39, 0.29) is 24.1 Å². The summed E-state index contributed by atoms with van der Waals surface area (Å²) in [7, 11) is 0. The van der Waals surface area contributed by atoms with Crippen LogP contribution in [0.15, 0.2) is 18.2 Å². The van der Waals surface area contributed by atoms with E-state index in [1.807, 2.05) is 0 Å². The van der Waals surface area contributed by atoms with E-state index in [9.17, 15) is 5.11 Å². The highest BCUT2D eigenvalue weighted by Crippen LogP contribution is 2.64. The number of hydrogen-bond donors (Lipinski definition) is 1. The Morgan fingerprint density at radius 1 is 1.00 bits per heavy atom. The van der Waals surface area contributed by atoms with Crippen LogP contribution in [-0.2, 0) is 20.6 Å². The third kappa shape index (κ3) is 4.37. The van der Waals surface area contributed by atoms with E-state index in [2.05, 4.69) is 36.4 Å². The van der Waals surface area contributed by atoms with E-state index >= 15 is 0 Å². The first-order valence-electron chi connectivity index (χ1n) is 14.0. The molecule has 2 heterocycles. The van der Waals surface area contributed by atoms with Crippen molar-refractivity contribution in [3.63, 3.8) is 0 Å². The molecule has 36 heavy (non-hydrogen) atoms. The smallest absolute Gasteiger partial charge is 0.199 e. The quantitative estimate of drug-likeness (QED) is 0.507. The second kappa shape index (κ2) is 10.1. The van der Waals surface area contributed by atoms with Crippen LogP contribution >= 0.6 is 11.6 Å². The van der Waals surface area contributed by atoms with Crippen LogP contribution in [0.4, 0.5) is 0 Å². The number of benzene rings is 1. The molecule has 2 saturated carbocycles. The van der Waals surface area contributed by atoms with Crippen molar-refractivity contribution in [2.75, 3.05) is 13.2 Å². The molecule has 0 aromatic heterocycles. The molecule has 2 aliphatic heterocycles. The van der Waals surface area contributed by atoms with Crippen molar-refractivity contribution < 1.29 is 24.1 Å². The van der Waals surface area contributed by atoms with Crippen LogP contribution in [0, 0.1) is 28.6 Å². The van der Waals surface area contributed by atoms with Crippen LogP contribution < -0.4 is 4.74 Å². The Labute approximate surface area is 220 Å². The first kappa shape index (κ1) is 25.0. The minimum atomic E-state index is -1.03. The monoisotopic (exact) mass is 514 g/mol. The summed E-state index contributed by atoms with van der Waals surface area (Å²) in [6.45, 7) is 3.78. The molecule has 6 rings (SSSR count). The van der Waals surface area contributed by atoms with Crippen molar-refractivity contribution in [2.24, 2.45) is 17.3 Å². The molecule has 1 aromatic carbocycles. The van der Waals surface area contributed by atoms with Gasteiger partial charge in [0, 0.05) is 23.8 Å². The minimum absolute atomic E-state index is 0.0442. The van der Waals surface area contributed by atoms with Crippen molar-refractivity contribution in [2.45, 2.75) is 108 Å². The molecule has 5 nitrogen and oxygen atoms in total. The molecular weight excluding hydrogens is 476 g/mol.